The maximum Gasteiger partial charge on any atom is 0.187 e. The summed E-state index contributed by atoms with van der Waals surface area (Å²) >= 11 is 18.0. The number of rotatable bonds is 3. The molecule has 0 fully saturated rings. The molecule has 0 aliphatic rings. The van der Waals surface area contributed by atoms with Gasteiger partial charge in [0.15, 0.2) is 11.5 Å². The molecule has 0 saturated heterocycles. The molecule has 2 aromatic carbocycles. The lowest BCUT2D eigenvalue weighted by Gasteiger charge is -2.13. The Labute approximate surface area is 120 Å². The van der Waals surface area contributed by atoms with Gasteiger partial charge in [-0.1, -0.05) is 46.9 Å². The van der Waals surface area contributed by atoms with Gasteiger partial charge in [0.1, 0.15) is 5.75 Å². The van der Waals surface area contributed by atoms with Gasteiger partial charge in [-0.15, -0.1) is 0 Å². The van der Waals surface area contributed by atoms with Crippen molar-refractivity contribution in [3.63, 3.8) is 0 Å². The summed E-state index contributed by atoms with van der Waals surface area (Å²) in [6.07, 6.45) is 0. The van der Waals surface area contributed by atoms with E-state index >= 15 is 0 Å². The zero-order valence-corrected chi connectivity index (χ0v) is 11.7. The third kappa shape index (κ3) is 2.83. The van der Waals surface area contributed by atoms with Gasteiger partial charge in [-0.3, -0.25) is 0 Å². The minimum absolute atomic E-state index is 0.360. The van der Waals surface area contributed by atoms with Crippen LogP contribution in [0.1, 0.15) is 0 Å². The van der Waals surface area contributed by atoms with E-state index < -0.39 is 0 Å². The first-order valence-electron chi connectivity index (χ1n) is 5.07. The highest BCUT2D eigenvalue weighted by atomic mass is 35.5. The molecule has 0 spiro atoms. The monoisotopic (exact) mass is 302 g/mol. The van der Waals surface area contributed by atoms with Crippen molar-refractivity contribution in [2.45, 2.75) is 0 Å². The van der Waals surface area contributed by atoms with Crippen LogP contribution in [0.5, 0.6) is 17.2 Å². The van der Waals surface area contributed by atoms with Crippen molar-refractivity contribution in [2.75, 3.05) is 7.11 Å². The standard InChI is InChI=1S/C13H9Cl3O2/c1-17-12-7-8(14)6-10(16)13(12)18-11-5-3-2-4-9(11)15/h2-7H,1H3. The number of hydrogen-bond donors (Lipinski definition) is 0. The average molecular weight is 304 g/mol. The molecule has 0 atom stereocenters. The lowest BCUT2D eigenvalue weighted by molar-refractivity contribution is 0.379. The molecule has 18 heavy (non-hydrogen) atoms. The fourth-order valence-electron chi connectivity index (χ4n) is 1.42. The predicted octanol–water partition coefficient (Wildman–Crippen LogP) is 5.45. The topological polar surface area (TPSA) is 18.5 Å². The summed E-state index contributed by atoms with van der Waals surface area (Å²) in [6, 6.07) is 10.3. The average Bonchev–Trinajstić information content (AvgIpc) is 2.34. The molecule has 0 aromatic heterocycles. The molecule has 0 heterocycles. The third-order valence-electron chi connectivity index (χ3n) is 2.24. The van der Waals surface area contributed by atoms with Crippen molar-refractivity contribution >= 4 is 34.8 Å². The molecule has 2 rings (SSSR count). The Kier molecular flexibility index (Phi) is 4.23. The fraction of sp³-hybridized carbons (Fsp3) is 0.0769. The first-order chi connectivity index (χ1) is 8.61. The van der Waals surface area contributed by atoms with Crippen LogP contribution in [-0.2, 0) is 0 Å². The van der Waals surface area contributed by atoms with Gasteiger partial charge < -0.3 is 9.47 Å². The van der Waals surface area contributed by atoms with Crippen molar-refractivity contribution in [3.8, 4) is 17.2 Å². The molecule has 94 valence electrons. The Hall–Kier alpha value is -1.09. The van der Waals surface area contributed by atoms with Crippen molar-refractivity contribution in [1.29, 1.82) is 0 Å². The SMILES string of the molecule is COc1cc(Cl)cc(Cl)c1Oc1ccccc1Cl. The van der Waals surface area contributed by atoms with E-state index in [9.17, 15) is 0 Å². The van der Waals surface area contributed by atoms with Crippen LogP contribution in [0.25, 0.3) is 0 Å². The quantitative estimate of drug-likeness (QED) is 0.751. The fourth-order valence-corrected chi connectivity index (χ4v) is 2.11. The minimum atomic E-state index is 0.360. The molecule has 0 amide bonds. The number of halogens is 3. The van der Waals surface area contributed by atoms with Gasteiger partial charge in [-0.25, -0.2) is 0 Å². The zero-order chi connectivity index (χ0) is 13.1. The molecule has 0 bridgehead atoms. The van der Waals surface area contributed by atoms with Crippen LogP contribution in [0, 0.1) is 0 Å². The van der Waals surface area contributed by atoms with E-state index in [4.69, 9.17) is 44.3 Å². The van der Waals surface area contributed by atoms with E-state index in [1.807, 2.05) is 12.1 Å². The molecule has 0 radical (unpaired) electrons. The van der Waals surface area contributed by atoms with E-state index in [-0.39, 0.29) is 0 Å². The molecule has 2 nitrogen and oxygen atoms in total. The Morgan fingerprint density at radius 1 is 0.889 bits per heavy atom. The summed E-state index contributed by atoms with van der Waals surface area (Å²) in [7, 11) is 1.52. The van der Waals surface area contributed by atoms with E-state index in [1.54, 1.807) is 24.3 Å². The first kappa shape index (κ1) is 13.3. The smallest absolute Gasteiger partial charge is 0.187 e. The van der Waals surface area contributed by atoms with Gasteiger partial charge in [0.25, 0.3) is 0 Å². The Balaban J connectivity index is 2.43. The molecule has 0 aliphatic heterocycles. The van der Waals surface area contributed by atoms with Crippen LogP contribution < -0.4 is 9.47 Å². The van der Waals surface area contributed by atoms with Crippen LogP contribution in [-0.4, -0.2) is 7.11 Å². The van der Waals surface area contributed by atoms with E-state index in [1.165, 1.54) is 7.11 Å². The normalized spacial score (nSPS) is 10.2. The van der Waals surface area contributed by atoms with E-state index in [2.05, 4.69) is 0 Å². The molecule has 0 saturated carbocycles. The number of hydrogen-bond acceptors (Lipinski definition) is 2. The summed E-state index contributed by atoms with van der Waals surface area (Å²) in [4.78, 5) is 0. The summed E-state index contributed by atoms with van der Waals surface area (Å²) in [5.74, 6) is 1.34. The highest BCUT2D eigenvalue weighted by molar-refractivity contribution is 6.36. The summed E-state index contributed by atoms with van der Waals surface area (Å²) in [6.45, 7) is 0. The maximum atomic E-state index is 6.08. The number of methoxy groups -OCH3 is 1. The molecule has 0 N–H and O–H groups in total. The summed E-state index contributed by atoms with van der Waals surface area (Å²) in [5, 5.41) is 1.33. The van der Waals surface area contributed by atoms with Crippen LogP contribution in [0.3, 0.4) is 0 Å². The Morgan fingerprint density at radius 3 is 2.28 bits per heavy atom. The van der Waals surface area contributed by atoms with Gasteiger partial charge in [-0.05, 0) is 18.2 Å². The zero-order valence-electron chi connectivity index (χ0n) is 9.41. The van der Waals surface area contributed by atoms with Gasteiger partial charge in [0, 0.05) is 11.1 Å². The lowest BCUT2D eigenvalue weighted by atomic mass is 10.3. The van der Waals surface area contributed by atoms with Crippen LogP contribution in [0.15, 0.2) is 36.4 Å². The maximum absolute atomic E-state index is 6.08. The summed E-state index contributed by atoms with van der Waals surface area (Å²) < 4.78 is 10.9. The Bertz CT molecular complexity index is 570. The van der Waals surface area contributed by atoms with Crippen LogP contribution in [0.4, 0.5) is 0 Å². The second kappa shape index (κ2) is 5.70. The molecule has 0 unspecified atom stereocenters. The highest BCUT2D eigenvalue weighted by Gasteiger charge is 2.13. The molecule has 2 aromatic rings. The second-order valence-electron chi connectivity index (χ2n) is 3.45. The molecule has 5 heteroatoms. The van der Waals surface area contributed by atoms with Crippen LogP contribution >= 0.6 is 34.8 Å². The van der Waals surface area contributed by atoms with Crippen LogP contribution in [0.2, 0.25) is 15.1 Å². The number of ether oxygens (including phenoxy) is 2. The largest absolute Gasteiger partial charge is 0.493 e. The van der Waals surface area contributed by atoms with Gasteiger partial charge in [0.05, 0.1) is 17.2 Å². The van der Waals surface area contributed by atoms with Crippen molar-refractivity contribution in [1.82, 2.24) is 0 Å². The van der Waals surface area contributed by atoms with Crippen molar-refractivity contribution in [3.05, 3.63) is 51.5 Å². The van der Waals surface area contributed by atoms with Gasteiger partial charge in [0.2, 0.25) is 0 Å². The molecular formula is C13H9Cl3O2. The van der Waals surface area contributed by atoms with Gasteiger partial charge in [-0.2, -0.15) is 0 Å². The predicted molar refractivity (Wildman–Crippen MR) is 74.5 cm³/mol. The van der Waals surface area contributed by atoms with Crippen molar-refractivity contribution in [2.24, 2.45) is 0 Å². The number of para-hydroxylation sites is 1. The van der Waals surface area contributed by atoms with Gasteiger partial charge >= 0.3 is 0 Å². The Morgan fingerprint density at radius 2 is 1.61 bits per heavy atom. The second-order valence-corrected chi connectivity index (χ2v) is 4.70. The minimum Gasteiger partial charge on any atom is -0.493 e. The molecular weight excluding hydrogens is 294 g/mol. The third-order valence-corrected chi connectivity index (χ3v) is 3.05. The highest BCUT2D eigenvalue weighted by Crippen LogP contribution is 2.41. The van der Waals surface area contributed by atoms with Crippen molar-refractivity contribution < 1.29 is 9.47 Å². The summed E-state index contributed by atoms with van der Waals surface area (Å²) in [5.41, 5.74) is 0. The lowest BCUT2D eigenvalue weighted by Crippen LogP contribution is -1.92. The van der Waals surface area contributed by atoms with E-state index in [0.717, 1.165) is 0 Å². The first-order valence-corrected chi connectivity index (χ1v) is 6.20. The number of benzene rings is 2. The van der Waals surface area contributed by atoms with E-state index in [0.29, 0.717) is 32.3 Å². The molecule has 0 aliphatic carbocycles.